The number of nitrogens with zero attached hydrogens (tertiary/aromatic N) is 2. The van der Waals surface area contributed by atoms with Crippen molar-refractivity contribution in [3.05, 3.63) is 117 Å². The minimum atomic E-state index is -3.37. The molecule has 8 bridgehead atoms. The van der Waals surface area contributed by atoms with Crippen molar-refractivity contribution >= 4 is 53.7 Å². The number of hydrogen-bond acceptors (Lipinski definition) is 5. The summed E-state index contributed by atoms with van der Waals surface area (Å²) in [5.41, 5.74) is 25.9. The van der Waals surface area contributed by atoms with Crippen LogP contribution in [0.2, 0.25) is 0 Å². The lowest BCUT2D eigenvalue weighted by molar-refractivity contribution is 0.309. The molecule has 2 aliphatic heterocycles. The highest BCUT2D eigenvalue weighted by Crippen LogP contribution is 2.47. The van der Waals surface area contributed by atoms with Crippen LogP contribution in [0.1, 0.15) is 298 Å². The van der Waals surface area contributed by atoms with E-state index in [-0.39, 0.29) is 0 Å². The first-order chi connectivity index (χ1) is 45.5. The molecule has 0 saturated carbocycles. The first kappa shape index (κ1) is 71.7. The molecule has 3 aromatic heterocycles. The van der Waals surface area contributed by atoms with Gasteiger partial charge in [-0.2, -0.15) is 8.42 Å². The van der Waals surface area contributed by atoms with Crippen LogP contribution < -0.4 is 0 Å². The molecule has 0 atom stereocenters. The number of aromatic nitrogens is 4. The van der Waals surface area contributed by atoms with Gasteiger partial charge in [0, 0.05) is 65.9 Å². The van der Waals surface area contributed by atoms with E-state index in [1.807, 2.05) is 0 Å². The van der Waals surface area contributed by atoms with Crippen molar-refractivity contribution in [3.63, 3.8) is 0 Å². The molecule has 0 aliphatic carbocycles. The summed E-state index contributed by atoms with van der Waals surface area (Å²) in [5, 5.41) is 5.44. The van der Waals surface area contributed by atoms with Crippen LogP contribution in [0.5, 0.6) is 0 Å². The maximum Gasteiger partial charge on any atom is 0.264 e. The summed E-state index contributed by atoms with van der Waals surface area (Å²) < 4.78 is 27.8. The highest BCUT2D eigenvalue weighted by Gasteiger charge is 2.28. The lowest BCUT2D eigenvalue weighted by atomic mass is 9.88. The van der Waals surface area contributed by atoms with E-state index in [1.54, 1.807) is 0 Å². The fraction of sp³-hybridized carbons (Fsp3) is 0.576. The molecule has 0 saturated heterocycles. The fourth-order valence-electron chi connectivity index (χ4n) is 15.5. The predicted octanol–water partition coefficient (Wildman–Crippen LogP) is 25.4. The van der Waals surface area contributed by atoms with Crippen LogP contribution in [-0.4, -0.2) is 41.2 Å². The number of H-pyrrole nitrogens is 2. The van der Waals surface area contributed by atoms with Gasteiger partial charge < -0.3 is 9.97 Å². The van der Waals surface area contributed by atoms with Gasteiger partial charge >= 0.3 is 0 Å². The zero-order valence-electron chi connectivity index (χ0n) is 59.4. The zero-order valence-corrected chi connectivity index (χ0v) is 60.3. The summed E-state index contributed by atoms with van der Waals surface area (Å²) >= 11 is 0. The molecule has 0 spiro atoms. The average Bonchev–Trinajstić information content (AvgIpc) is 1.60. The Labute approximate surface area is 563 Å². The molecule has 93 heavy (non-hydrogen) atoms. The highest BCUT2D eigenvalue weighted by molar-refractivity contribution is 7.86. The van der Waals surface area contributed by atoms with Gasteiger partial charge in [-0.15, -0.1) is 0 Å². The molecular weight excluding hydrogens is 1160 g/mol. The van der Waals surface area contributed by atoms with Crippen LogP contribution in [0.15, 0.2) is 72.8 Å². The van der Waals surface area contributed by atoms with E-state index in [4.69, 9.17) is 14.2 Å². The quantitative estimate of drug-likeness (QED) is 0.0293. The predicted molar refractivity (Wildman–Crippen MR) is 403 cm³/mol. The van der Waals surface area contributed by atoms with Gasteiger partial charge in [-0.25, -0.2) is 9.97 Å². The molecule has 8 heteroatoms. The summed E-state index contributed by atoms with van der Waals surface area (Å²) in [6.07, 6.45) is 47.9. The van der Waals surface area contributed by atoms with Crippen LogP contribution in [0.25, 0.3) is 88.6 Å². The Kier molecular flexibility index (Phi) is 28.6. The molecule has 0 amide bonds. The zero-order chi connectivity index (χ0) is 65.4. The topological polar surface area (TPSA) is 101 Å². The number of benzene rings is 4. The largest absolute Gasteiger partial charge is 0.354 e. The van der Waals surface area contributed by atoms with Gasteiger partial charge in [0.15, 0.2) is 0 Å². The van der Waals surface area contributed by atoms with E-state index in [0.717, 1.165) is 111 Å². The Morgan fingerprint density at radius 3 is 0.849 bits per heavy atom. The molecule has 0 unspecified atom stereocenters. The van der Waals surface area contributed by atoms with Crippen molar-refractivity contribution in [2.24, 2.45) is 0 Å². The molecule has 0 radical (unpaired) electrons. The number of nitrogens with one attached hydrogen (secondary N) is 2. The lowest BCUT2D eigenvalue weighted by Crippen LogP contribution is -2.03. The molecule has 2 N–H and O–H groups in total. The molecule has 2 aliphatic rings. The summed E-state index contributed by atoms with van der Waals surface area (Å²) in [6, 6.07) is 29.9. The van der Waals surface area contributed by atoms with E-state index in [2.05, 4.69) is 131 Å². The number of aryl methyl sites for hydroxylation is 8. The Balaban J connectivity index is 1.33. The average molecular weight is 1280 g/mol. The van der Waals surface area contributed by atoms with E-state index >= 15 is 0 Å². The van der Waals surface area contributed by atoms with Crippen molar-refractivity contribution in [1.82, 2.24) is 19.9 Å². The third-order valence-electron chi connectivity index (χ3n) is 20.6. The summed E-state index contributed by atoms with van der Waals surface area (Å²) in [7, 11) is -3.37. The lowest BCUT2D eigenvalue weighted by Gasteiger charge is -2.14. The Morgan fingerprint density at radius 1 is 0.312 bits per heavy atom. The van der Waals surface area contributed by atoms with Crippen molar-refractivity contribution in [1.29, 1.82) is 0 Å². The van der Waals surface area contributed by atoms with Crippen molar-refractivity contribution < 1.29 is 12.6 Å². The maximum atomic E-state index is 11.4. The van der Waals surface area contributed by atoms with Gasteiger partial charge in [0.25, 0.3) is 10.1 Å². The summed E-state index contributed by atoms with van der Waals surface area (Å²) in [4.78, 5) is 20.7. The third kappa shape index (κ3) is 19.4. The Bertz CT molecular complexity index is 3810. The minimum Gasteiger partial charge on any atom is -0.354 e. The third-order valence-corrected chi connectivity index (χ3v) is 21.2. The molecule has 7 aromatic rings. The Morgan fingerprint density at radius 2 is 0.548 bits per heavy atom. The molecule has 0 fully saturated rings. The van der Waals surface area contributed by atoms with Crippen molar-refractivity contribution in [2.45, 2.75) is 305 Å². The van der Waals surface area contributed by atoms with Gasteiger partial charge in [-0.1, -0.05) is 251 Å². The van der Waals surface area contributed by atoms with Gasteiger partial charge in [-0.05, 0) is 172 Å². The number of fused-ring (bicyclic) bond motifs is 20. The summed E-state index contributed by atoms with van der Waals surface area (Å²) in [6.45, 7) is 16.6. The standard InChI is InChI=1S/C85H120N4O3S/c1-9-15-21-34-42-64-51-52-66(44-36-23-17-11-3)82-74-60-76-84-68(46-38-25-19-13-5)55-56-69(47-39-26-20-14-6)85(84)77(89-76)61-75-83-67(45-37-24-18-12-4)54-53-65(43-35-22-16-10-2)81(83)73(88-75)59-71-79-63(48-40-32-30-28-27-29-31-33-41-57-92-93(8,90)91)50-49-62(7)78(79)70(86-71)58-72(87-74)80(64)82/h49-56,58-61,86,89H,9-48,57H2,1-8H3. The SMILES string of the molecule is CCCCCCc1ccc(CCCCCC)c2c1-c1cc3[nH]c(cc4nc(cc5[nH]c(cc-2n1)c1c(CCCCCC)ccc(CCCCCC)c51)-c1c(CCCCCC)ccc(CCCCCC)c1-4)c1c(CCCCCCCCCCCOS(C)(=O)=O)ccc(C)c31. The molecule has 504 valence electrons. The second kappa shape index (κ2) is 37.1. The highest BCUT2D eigenvalue weighted by atomic mass is 32.2. The smallest absolute Gasteiger partial charge is 0.264 e. The van der Waals surface area contributed by atoms with Crippen LogP contribution in [-0.2, 0) is 59.2 Å². The number of hydrogen-bond donors (Lipinski definition) is 2. The van der Waals surface area contributed by atoms with Crippen molar-refractivity contribution in [2.75, 3.05) is 12.9 Å². The maximum absolute atomic E-state index is 11.4. The number of rotatable bonds is 43. The van der Waals surface area contributed by atoms with Crippen LogP contribution >= 0.6 is 0 Å². The van der Waals surface area contributed by atoms with Crippen LogP contribution in [0, 0.1) is 6.92 Å². The normalized spacial score (nSPS) is 12.3. The molecule has 4 aromatic carbocycles. The van der Waals surface area contributed by atoms with E-state index < -0.39 is 10.1 Å². The second-order valence-electron chi connectivity index (χ2n) is 28.3. The van der Waals surface area contributed by atoms with Crippen LogP contribution in [0.3, 0.4) is 0 Å². The first-order valence-corrected chi connectivity index (χ1v) is 40.1. The number of unbranched alkanes of at least 4 members (excludes halogenated alkanes) is 26. The van der Waals surface area contributed by atoms with E-state index in [1.165, 1.54) is 286 Å². The number of aromatic amines is 2. The van der Waals surface area contributed by atoms with Crippen LogP contribution in [0.4, 0.5) is 0 Å². The van der Waals surface area contributed by atoms with Gasteiger partial charge in [0.05, 0.1) is 35.6 Å². The molecule has 9 rings (SSSR count). The monoisotopic (exact) mass is 1280 g/mol. The minimum absolute atomic E-state index is 0.290. The molecular formula is C85H120N4O3S. The van der Waals surface area contributed by atoms with Gasteiger partial charge in [0.2, 0.25) is 0 Å². The summed E-state index contributed by atoms with van der Waals surface area (Å²) in [5.74, 6) is 0. The van der Waals surface area contributed by atoms with E-state index in [9.17, 15) is 8.42 Å². The first-order valence-electron chi connectivity index (χ1n) is 38.3. The van der Waals surface area contributed by atoms with Gasteiger partial charge in [-0.3, -0.25) is 4.18 Å². The van der Waals surface area contributed by atoms with Gasteiger partial charge in [0.1, 0.15) is 0 Å². The van der Waals surface area contributed by atoms with Crippen molar-refractivity contribution in [3.8, 4) is 45.0 Å². The van der Waals surface area contributed by atoms with E-state index in [0.29, 0.717) is 6.61 Å². The second-order valence-corrected chi connectivity index (χ2v) is 29.9. The fourth-order valence-corrected chi connectivity index (χ4v) is 15.9. The molecule has 7 nitrogen and oxygen atoms in total. The molecule has 5 heterocycles. The Hall–Kier alpha value is -5.57.